The SMILES string of the molecule is CC(C)CC1(N)C=CNC(N)=N1. The lowest BCUT2D eigenvalue weighted by molar-refractivity contribution is 0.418. The highest BCUT2D eigenvalue weighted by molar-refractivity contribution is 5.80. The van der Waals surface area contributed by atoms with Gasteiger partial charge in [-0.3, -0.25) is 0 Å². The molecule has 12 heavy (non-hydrogen) atoms. The Morgan fingerprint density at radius 1 is 1.67 bits per heavy atom. The third-order valence-electron chi connectivity index (χ3n) is 1.67. The molecule has 0 saturated heterocycles. The first-order valence-corrected chi connectivity index (χ1v) is 4.10. The van der Waals surface area contributed by atoms with Crippen molar-refractivity contribution in [2.75, 3.05) is 0 Å². The minimum atomic E-state index is -0.608. The minimum absolute atomic E-state index is 0.389. The Kier molecular flexibility index (Phi) is 2.38. The van der Waals surface area contributed by atoms with Crippen molar-refractivity contribution in [2.24, 2.45) is 22.4 Å². The molecule has 68 valence electrons. The summed E-state index contributed by atoms with van der Waals surface area (Å²) >= 11 is 0. The largest absolute Gasteiger partial charge is 0.370 e. The van der Waals surface area contributed by atoms with Gasteiger partial charge in [-0.15, -0.1) is 0 Å². The van der Waals surface area contributed by atoms with E-state index in [0.29, 0.717) is 11.9 Å². The normalized spacial score (nSPS) is 28.5. The number of nitrogens with zero attached hydrogens (tertiary/aromatic N) is 1. The molecule has 0 aromatic rings. The van der Waals surface area contributed by atoms with Crippen molar-refractivity contribution < 1.29 is 0 Å². The molecule has 5 N–H and O–H groups in total. The second-order valence-corrected chi connectivity index (χ2v) is 3.56. The molecular weight excluding hydrogens is 152 g/mol. The van der Waals surface area contributed by atoms with Gasteiger partial charge in [0.15, 0.2) is 5.96 Å². The molecule has 0 aliphatic carbocycles. The van der Waals surface area contributed by atoms with Crippen LogP contribution in [-0.4, -0.2) is 11.6 Å². The van der Waals surface area contributed by atoms with Gasteiger partial charge >= 0.3 is 0 Å². The Morgan fingerprint density at radius 2 is 2.33 bits per heavy atom. The third kappa shape index (κ3) is 2.23. The van der Waals surface area contributed by atoms with Crippen LogP contribution in [0.2, 0.25) is 0 Å². The van der Waals surface area contributed by atoms with Crippen LogP contribution in [0.25, 0.3) is 0 Å². The van der Waals surface area contributed by atoms with Gasteiger partial charge in [0.1, 0.15) is 5.66 Å². The zero-order chi connectivity index (χ0) is 9.19. The molecule has 1 unspecified atom stereocenters. The predicted molar refractivity (Wildman–Crippen MR) is 50.3 cm³/mol. The van der Waals surface area contributed by atoms with Crippen molar-refractivity contribution in [3.63, 3.8) is 0 Å². The van der Waals surface area contributed by atoms with Gasteiger partial charge < -0.3 is 16.8 Å². The fourth-order valence-electron chi connectivity index (χ4n) is 1.33. The third-order valence-corrected chi connectivity index (χ3v) is 1.67. The van der Waals surface area contributed by atoms with E-state index in [1.807, 2.05) is 6.08 Å². The summed E-state index contributed by atoms with van der Waals surface area (Å²) in [5.74, 6) is 0.898. The van der Waals surface area contributed by atoms with E-state index in [2.05, 4.69) is 24.2 Å². The molecule has 1 atom stereocenters. The molecule has 4 heteroatoms. The molecule has 1 rings (SSSR count). The van der Waals surface area contributed by atoms with Crippen LogP contribution in [0, 0.1) is 5.92 Å². The van der Waals surface area contributed by atoms with Crippen molar-refractivity contribution in [3.05, 3.63) is 12.3 Å². The molecule has 1 aliphatic rings. The maximum absolute atomic E-state index is 5.96. The summed E-state index contributed by atoms with van der Waals surface area (Å²) in [6.45, 7) is 4.21. The first-order chi connectivity index (χ1) is 5.52. The zero-order valence-electron chi connectivity index (χ0n) is 7.54. The van der Waals surface area contributed by atoms with Gasteiger partial charge in [-0.05, 0) is 18.4 Å². The fraction of sp³-hybridized carbons (Fsp3) is 0.625. The van der Waals surface area contributed by atoms with Crippen LogP contribution >= 0.6 is 0 Å². The van der Waals surface area contributed by atoms with E-state index >= 15 is 0 Å². The summed E-state index contributed by atoms with van der Waals surface area (Å²) in [5.41, 5.74) is 10.8. The maximum Gasteiger partial charge on any atom is 0.194 e. The Hall–Kier alpha value is -1.03. The molecule has 0 radical (unpaired) electrons. The monoisotopic (exact) mass is 168 g/mol. The van der Waals surface area contributed by atoms with Crippen LogP contribution in [0.4, 0.5) is 0 Å². The second-order valence-electron chi connectivity index (χ2n) is 3.56. The van der Waals surface area contributed by atoms with Gasteiger partial charge in [-0.2, -0.15) is 0 Å². The molecule has 1 aliphatic heterocycles. The average Bonchev–Trinajstić information content (AvgIpc) is 1.82. The number of nitrogens with one attached hydrogen (secondary N) is 1. The van der Waals surface area contributed by atoms with E-state index in [0.717, 1.165) is 6.42 Å². The maximum atomic E-state index is 5.96. The number of nitrogens with two attached hydrogens (primary N) is 2. The highest BCUT2D eigenvalue weighted by Crippen LogP contribution is 2.18. The lowest BCUT2D eigenvalue weighted by Crippen LogP contribution is -2.45. The summed E-state index contributed by atoms with van der Waals surface area (Å²) in [5, 5.41) is 2.78. The quantitative estimate of drug-likeness (QED) is 0.548. The predicted octanol–water partition coefficient (Wildman–Crippen LogP) is 0.119. The lowest BCUT2D eigenvalue weighted by Gasteiger charge is -2.26. The summed E-state index contributed by atoms with van der Waals surface area (Å²) in [7, 11) is 0. The topological polar surface area (TPSA) is 76.4 Å². The number of hydrogen-bond donors (Lipinski definition) is 3. The highest BCUT2D eigenvalue weighted by atomic mass is 15.2. The van der Waals surface area contributed by atoms with Crippen LogP contribution in [-0.2, 0) is 0 Å². The van der Waals surface area contributed by atoms with Crippen molar-refractivity contribution in [2.45, 2.75) is 25.9 Å². The first kappa shape index (κ1) is 9.06. The molecule has 0 saturated carbocycles. The van der Waals surface area contributed by atoms with Gasteiger partial charge in [0, 0.05) is 6.20 Å². The minimum Gasteiger partial charge on any atom is -0.370 e. The fourth-order valence-corrected chi connectivity index (χ4v) is 1.33. The van der Waals surface area contributed by atoms with Gasteiger partial charge in [0.2, 0.25) is 0 Å². The Labute approximate surface area is 72.7 Å². The van der Waals surface area contributed by atoms with Crippen LogP contribution in [0.3, 0.4) is 0 Å². The second kappa shape index (κ2) is 3.15. The Bertz CT molecular complexity index is 219. The van der Waals surface area contributed by atoms with E-state index in [1.165, 1.54) is 0 Å². The van der Waals surface area contributed by atoms with Crippen molar-refractivity contribution in [3.8, 4) is 0 Å². The van der Waals surface area contributed by atoms with Crippen molar-refractivity contribution in [1.82, 2.24) is 5.32 Å². The summed E-state index contributed by atoms with van der Waals surface area (Å²) in [6, 6.07) is 0. The smallest absolute Gasteiger partial charge is 0.194 e. The van der Waals surface area contributed by atoms with Gasteiger partial charge in [0.25, 0.3) is 0 Å². The zero-order valence-corrected chi connectivity index (χ0v) is 7.54. The van der Waals surface area contributed by atoms with Gasteiger partial charge in [-0.1, -0.05) is 13.8 Å². The van der Waals surface area contributed by atoms with Crippen molar-refractivity contribution in [1.29, 1.82) is 0 Å². The standard InChI is InChI=1S/C8H16N4/c1-6(2)5-8(10)3-4-11-7(9)12-8/h3-4,6H,5,10H2,1-2H3,(H3,9,11,12). The molecule has 0 spiro atoms. The molecular formula is C8H16N4. The van der Waals surface area contributed by atoms with E-state index in [9.17, 15) is 0 Å². The number of hydrogen-bond acceptors (Lipinski definition) is 4. The van der Waals surface area contributed by atoms with Gasteiger partial charge in [-0.25, -0.2) is 4.99 Å². The number of aliphatic imine (C=N–C) groups is 1. The summed E-state index contributed by atoms with van der Waals surface area (Å²) in [6.07, 6.45) is 4.39. The van der Waals surface area contributed by atoms with E-state index < -0.39 is 5.66 Å². The van der Waals surface area contributed by atoms with Crippen LogP contribution in [0.1, 0.15) is 20.3 Å². The van der Waals surface area contributed by atoms with Crippen LogP contribution < -0.4 is 16.8 Å². The molecule has 0 aromatic carbocycles. The average molecular weight is 168 g/mol. The van der Waals surface area contributed by atoms with Crippen LogP contribution in [0.5, 0.6) is 0 Å². The molecule has 1 heterocycles. The molecule has 4 nitrogen and oxygen atoms in total. The summed E-state index contributed by atoms with van der Waals surface area (Å²) < 4.78 is 0. The Balaban J connectivity index is 2.69. The molecule has 0 amide bonds. The van der Waals surface area contributed by atoms with Crippen molar-refractivity contribution >= 4 is 5.96 Å². The van der Waals surface area contributed by atoms with E-state index in [-0.39, 0.29) is 0 Å². The molecule has 0 aromatic heterocycles. The van der Waals surface area contributed by atoms with E-state index in [4.69, 9.17) is 11.5 Å². The summed E-state index contributed by atoms with van der Waals surface area (Å²) in [4.78, 5) is 4.13. The number of guanidine groups is 1. The van der Waals surface area contributed by atoms with Crippen LogP contribution in [0.15, 0.2) is 17.3 Å². The Morgan fingerprint density at radius 3 is 2.83 bits per heavy atom. The lowest BCUT2D eigenvalue weighted by atomic mass is 9.98. The molecule has 0 fully saturated rings. The van der Waals surface area contributed by atoms with E-state index in [1.54, 1.807) is 6.20 Å². The molecule has 0 bridgehead atoms. The number of rotatable bonds is 2. The highest BCUT2D eigenvalue weighted by Gasteiger charge is 2.24. The first-order valence-electron chi connectivity index (χ1n) is 4.10. The van der Waals surface area contributed by atoms with Gasteiger partial charge in [0.05, 0.1) is 0 Å².